The third kappa shape index (κ3) is 3.91. The highest BCUT2D eigenvalue weighted by Crippen LogP contribution is 2.15. The number of urea groups is 1. The van der Waals surface area contributed by atoms with Crippen molar-refractivity contribution in [2.75, 3.05) is 19.6 Å². The molecule has 1 aliphatic heterocycles. The van der Waals surface area contributed by atoms with Crippen LogP contribution in [0.1, 0.15) is 27.2 Å². The lowest BCUT2D eigenvalue weighted by Crippen LogP contribution is -2.42. The maximum atomic E-state index is 11.8. The Hall–Kier alpha value is -1.26. The number of carbonyl (C=O) groups excluding carboxylic acids is 1. The lowest BCUT2D eigenvalue weighted by Gasteiger charge is -2.20. The smallest absolute Gasteiger partial charge is 0.317 e. The van der Waals surface area contributed by atoms with Gasteiger partial charge in [0.05, 0.1) is 5.92 Å². The number of carbonyl (C=O) groups is 2. The highest BCUT2D eigenvalue weighted by atomic mass is 16.4. The summed E-state index contributed by atoms with van der Waals surface area (Å²) in [6, 6.07) is -0.138. The van der Waals surface area contributed by atoms with Gasteiger partial charge in [0, 0.05) is 19.6 Å². The van der Waals surface area contributed by atoms with E-state index in [1.165, 1.54) is 0 Å². The van der Waals surface area contributed by atoms with Crippen LogP contribution in [-0.2, 0) is 4.79 Å². The maximum absolute atomic E-state index is 11.8. The molecule has 0 radical (unpaired) electrons. The van der Waals surface area contributed by atoms with Gasteiger partial charge in [-0.1, -0.05) is 20.8 Å². The molecule has 1 saturated heterocycles. The van der Waals surface area contributed by atoms with Crippen LogP contribution < -0.4 is 5.32 Å². The van der Waals surface area contributed by atoms with E-state index in [0.29, 0.717) is 5.92 Å². The summed E-state index contributed by atoms with van der Waals surface area (Å²) in [6.07, 6.45) is 1.03. The van der Waals surface area contributed by atoms with Crippen LogP contribution in [0.25, 0.3) is 0 Å². The Balaban J connectivity index is 2.39. The van der Waals surface area contributed by atoms with E-state index in [2.05, 4.69) is 12.2 Å². The molecule has 2 N–H and O–H groups in total. The third-order valence-electron chi connectivity index (χ3n) is 3.31. The molecule has 5 nitrogen and oxygen atoms in total. The fraction of sp³-hybridized carbons (Fsp3) is 0.833. The van der Waals surface area contributed by atoms with Crippen molar-refractivity contribution in [3.8, 4) is 0 Å². The molecule has 1 aliphatic rings. The first-order valence-electron chi connectivity index (χ1n) is 6.17. The molecule has 0 aliphatic carbocycles. The van der Waals surface area contributed by atoms with E-state index in [1.807, 2.05) is 13.8 Å². The molecule has 2 unspecified atom stereocenters. The Morgan fingerprint density at radius 1 is 1.47 bits per heavy atom. The highest BCUT2D eigenvalue weighted by molar-refractivity contribution is 5.76. The van der Waals surface area contributed by atoms with Crippen LogP contribution in [0.5, 0.6) is 0 Å². The number of carboxylic acids is 1. The minimum atomic E-state index is -0.852. The van der Waals surface area contributed by atoms with Crippen molar-refractivity contribution in [2.24, 2.45) is 17.8 Å². The molecule has 1 fully saturated rings. The second kappa shape index (κ2) is 5.89. The normalized spacial score (nSPS) is 21.6. The summed E-state index contributed by atoms with van der Waals surface area (Å²) in [4.78, 5) is 24.5. The molecule has 1 rings (SSSR count). The van der Waals surface area contributed by atoms with Crippen LogP contribution in [0, 0.1) is 17.8 Å². The average molecular weight is 242 g/mol. The number of nitrogens with one attached hydrogen (secondary N) is 1. The van der Waals surface area contributed by atoms with E-state index >= 15 is 0 Å². The predicted molar refractivity (Wildman–Crippen MR) is 64.7 cm³/mol. The summed E-state index contributed by atoms with van der Waals surface area (Å²) in [5, 5.41) is 11.7. The molecular formula is C12H22N2O3. The van der Waals surface area contributed by atoms with Gasteiger partial charge in [-0.15, -0.1) is 0 Å². The van der Waals surface area contributed by atoms with E-state index in [0.717, 1.165) is 19.5 Å². The standard InChI is InChI=1S/C12H22N2O3/c1-8(2)10(11(15)16)6-13-12(17)14-5-4-9(3)7-14/h8-10H,4-7H2,1-3H3,(H,13,17)(H,15,16). The van der Waals surface area contributed by atoms with Gasteiger partial charge in [-0.2, -0.15) is 0 Å². The minimum Gasteiger partial charge on any atom is -0.481 e. The quantitative estimate of drug-likeness (QED) is 0.782. The molecule has 0 spiro atoms. The lowest BCUT2D eigenvalue weighted by molar-refractivity contribution is -0.142. The zero-order valence-electron chi connectivity index (χ0n) is 10.8. The van der Waals surface area contributed by atoms with Crippen molar-refractivity contribution < 1.29 is 14.7 Å². The van der Waals surface area contributed by atoms with Gasteiger partial charge in [0.15, 0.2) is 0 Å². The summed E-state index contributed by atoms with van der Waals surface area (Å²) >= 11 is 0. The minimum absolute atomic E-state index is 0.0188. The van der Waals surface area contributed by atoms with Crippen molar-refractivity contribution in [1.29, 1.82) is 0 Å². The van der Waals surface area contributed by atoms with Crippen molar-refractivity contribution in [1.82, 2.24) is 10.2 Å². The largest absolute Gasteiger partial charge is 0.481 e. The fourth-order valence-corrected chi connectivity index (χ4v) is 2.04. The molecule has 0 saturated carbocycles. The van der Waals surface area contributed by atoms with Gasteiger partial charge in [-0.3, -0.25) is 4.79 Å². The molecular weight excluding hydrogens is 220 g/mol. The molecule has 0 aromatic heterocycles. The number of nitrogens with zero attached hydrogens (tertiary/aromatic N) is 1. The lowest BCUT2D eigenvalue weighted by atomic mass is 9.96. The Kier molecular flexibility index (Phi) is 4.78. The Morgan fingerprint density at radius 3 is 2.53 bits per heavy atom. The van der Waals surface area contributed by atoms with Crippen molar-refractivity contribution in [3.05, 3.63) is 0 Å². The second-order valence-electron chi connectivity index (χ2n) is 5.21. The summed E-state index contributed by atoms with van der Waals surface area (Å²) in [5.41, 5.74) is 0. The Morgan fingerprint density at radius 2 is 2.12 bits per heavy atom. The van der Waals surface area contributed by atoms with E-state index in [1.54, 1.807) is 4.90 Å². The van der Waals surface area contributed by atoms with Gasteiger partial charge in [0.2, 0.25) is 0 Å². The van der Waals surface area contributed by atoms with Gasteiger partial charge in [-0.05, 0) is 18.3 Å². The Bertz CT molecular complexity index is 291. The zero-order chi connectivity index (χ0) is 13.0. The molecule has 2 amide bonds. The summed E-state index contributed by atoms with van der Waals surface area (Å²) < 4.78 is 0. The highest BCUT2D eigenvalue weighted by Gasteiger charge is 2.26. The van der Waals surface area contributed by atoms with Crippen molar-refractivity contribution in [3.63, 3.8) is 0 Å². The van der Waals surface area contributed by atoms with Crippen LogP contribution in [0.4, 0.5) is 4.79 Å². The zero-order valence-corrected chi connectivity index (χ0v) is 10.8. The summed E-state index contributed by atoms with van der Waals surface area (Å²) in [7, 11) is 0. The molecule has 2 atom stereocenters. The first-order valence-corrected chi connectivity index (χ1v) is 6.17. The number of hydrogen-bond acceptors (Lipinski definition) is 2. The number of carboxylic acid groups (broad SMARTS) is 1. The number of likely N-dealkylation sites (tertiary alicyclic amines) is 1. The number of hydrogen-bond donors (Lipinski definition) is 2. The number of aliphatic carboxylic acids is 1. The van der Waals surface area contributed by atoms with Gasteiger partial charge in [0.1, 0.15) is 0 Å². The van der Waals surface area contributed by atoms with Crippen molar-refractivity contribution >= 4 is 12.0 Å². The first-order chi connectivity index (χ1) is 7.91. The monoisotopic (exact) mass is 242 g/mol. The van der Waals surface area contributed by atoms with Crippen LogP contribution in [0.15, 0.2) is 0 Å². The first kappa shape index (κ1) is 13.8. The second-order valence-corrected chi connectivity index (χ2v) is 5.21. The van der Waals surface area contributed by atoms with E-state index in [-0.39, 0.29) is 18.5 Å². The van der Waals surface area contributed by atoms with Crippen LogP contribution in [-0.4, -0.2) is 41.6 Å². The maximum Gasteiger partial charge on any atom is 0.317 e. The van der Waals surface area contributed by atoms with Gasteiger partial charge in [-0.25, -0.2) is 4.79 Å². The van der Waals surface area contributed by atoms with Crippen LogP contribution in [0.2, 0.25) is 0 Å². The van der Waals surface area contributed by atoms with Crippen LogP contribution in [0.3, 0.4) is 0 Å². The molecule has 0 aromatic rings. The Labute approximate surface area is 102 Å². The summed E-state index contributed by atoms with van der Waals surface area (Å²) in [6.45, 7) is 7.56. The molecule has 5 heteroatoms. The molecule has 0 aromatic carbocycles. The van der Waals surface area contributed by atoms with Gasteiger partial charge < -0.3 is 15.3 Å². The summed E-state index contributed by atoms with van der Waals surface area (Å²) in [5.74, 6) is -0.805. The predicted octanol–water partition coefficient (Wildman–Crippen LogP) is 1.39. The molecule has 0 bridgehead atoms. The SMILES string of the molecule is CC1CCN(C(=O)NCC(C(=O)O)C(C)C)C1. The number of amides is 2. The topological polar surface area (TPSA) is 69.6 Å². The fourth-order valence-electron chi connectivity index (χ4n) is 2.04. The van der Waals surface area contributed by atoms with E-state index in [9.17, 15) is 9.59 Å². The third-order valence-corrected chi connectivity index (χ3v) is 3.31. The van der Waals surface area contributed by atoms with Gasteiger partial charge in [0.25, 0.3) is 0 Å². The van der Waals surface area contributed by atoms with Gasteiger partial charge >= 0.3 is 12.0 Å². The molecule has 17 heavy (non-hydrogen) atoms. The average Bonchev–Trinajstić information content (AvgIpc) is 2.63. The number of rotatable bonds is 4. The molecule has 1 heterocycles. The van der Waals surface area contributed by atoms with E-state index in [4.69, 9.17) is 5.11 Å². The van der Waals surface area contributed by atoms with E-state index < -0.39 is 11.9 Å². The van der Waals surface area contributed by atoms with Crippen molar-refractivity contribution in [2.45, 2.75) is 27.2 Å². The van der Waals surface area contributed by atoms with Crippen LogP contribution >= 0.6 is 0 Å². The molecule has 98 valence electrons.